The molecule has 7 nitrogen and oxygen atoms in total. The zero-order chi connectivity index (χ0) is 22.5. The SMILES string of the molecule is Cc1nc2sc(C(=O)OCC(=O)/C=C3/N(C)c4ccccc4C3(C)C)c(C)c2c(=O)[nH]1. The van der Waals surface area contributed by atoms with Crippen LogP contribution in [-0.2, 0) is 14.9 Å². The number of nitrogens with zero attached hydrogens (tertiary/aromatic N) is 2. The molecule has 0 amide bonds. The average molecular weight is 438 g/mol. The number of ether oxygens (including phenoxy) is 1. The lowest BCUT2D eigenvalue weighted by molar-refractivity contribution is -0.117. The number of para-hydroxylation sites is 1. The van der Waals surface area contributed by atoms with E-state index < -0.39 is 5.97 Å². The topological polar surface area (TPSA) is 92.4 Å². The molecule has 0 radical (unpaired) electrons. The molecule has 8 heteroatoms. The Balaban J connectivity index is 1.53. The van der Waals surface area contributed by atoms with Crippen LogP contribution in [0.5, 0.6) is 0 Å². The lowest BCUT2D eigenvalue weighted by Crippen LogP contribution is -2.25. The minimum atomic E-state index is -0.633. The standard InChI is InChI=1S/C23H23N3O4S/c1-12-18-20(28)24-13(2)25-21(18)31-19(12)22(29)30-11-14(27)10-17-23(3,4)15-8-6-7-9-16(15)26(17)5/h6-10H,11H2,1-5H3,(H,24,25,28)/b17-10+. The van der Waals surface area contributed by atoms with Gasteiger partial charge in [0.25, 0.3) is 5.56 Å². The first-order valence-electron chi connectivity index (χ1n) is 9.86. The molecular formula is C23H23N3O4S. The fourth-order valence-corrected chi connectivity index (χ4v) is 5.22. The molecule has 3 heterocycles. The van der Waals surface area contributed by atoms with E-state index in [9.17, 15) is 14.4 Å². The van der Waals surface area contributed by atoms with Gasteiger partial charge in [-0.15, -0.1) is 11.3 Å². The van der Waals surface area contributed by atoms with E-state index in [0.717, 1.165) is 28.3 Å². The Morgan fingerprint density at radius 3 is 2.68 bits per heavy atom. The summed E-state index contributed by atoms with van der Waals surface area (Å²) >= 11 is 1.10. The van der Waals surface area contributed by atoms with E-state index in [1.54, 1.807) is 19.9 Å². The van der Waals surface area contributed by atoms with Crippen molar-refractivity contribution in [3.63, 3.8) is 0 Å². The Hall–Kier alpha value is -3.26. The van der Waals surface area contributed by atoms with Crippen LogP contribution in [0.4, 0.5) is 5.69 Å². The van der Waals surface area contributed by atoms with Gasteiger partial charge in [-0.2, -0.15) is 0 Å². The van der Waals surface area contributed by atoms with Gasteiger partial charge in [0.1, 0.15) is 15.5 Å². The number of allylic oxidation sites excluding steroid dienone is 1. The first-order chi connectivity index (χ1) is 14.6. The van der Waals surface area contributed by atoms with Crippen LogP contribution >= 0.6 is 11.3 Å². The van der Waals surface area contributed by atoms with Gasteiger partial charge >= 0.3 is 5.97 Å². The summed E-state index contributed by atoms with van der Waals surface area (Å²) in [6.07, 6.45) is 1.54. The fraction of sp³-hybridized carbons (Fsp3) is 0.304. The van der Waals surface area contributed by atoms with E-state index in [1.807, 2.05) is 30.1 Å². The van der Waals surface area contributed by atoms with Crippen molar-refractivity contribution < 1.29 is 14.3 Å². The van der Waals surface area contributed by atoms with Crippen molar-refractivity contribution in [3.8, 4) is 0 Å². The second-order valence-electron chi connectivity index (χ2n) is 8.16. The minimum Gasteiger partial charge on any atom is -0.453 e. The molecule has 1 N–H and O–H groups in total. The highest BCUT2D eigenvalue weighted by Gasteiger charge is 2.38. The van der Waals surface area contributed by atoms with Gasteiger partial charge in [0.2, 0.25) is 0 Å². The molecule has 1 aliphatic heterocycles. The van der Waals surface area contributed by atoms with Crippen molar-refractivity contribution in [2.45, 2.75) is 33.1 Å². The Kier molecular flexibility index (Phi) is 5.05. The van der Waals surface area contributed by atoms with Gasteiger partial charge in [-0.05, 0) is 31.0 Å². The van der Waals surface area contributed by atoms with Crippen molar-refractivity contribution in [3.05, 3.63) is 68.2 Å². The molecule has 0 aliphatic carbocycles. The highest BCUT2D eigenvalue weighted by Crippen LogP contribution is 2.46. The number of aryl methyl sites for hydroxylation is 2. The highest BCUT2D eigenvalue weighted by atomic mass is 32.1. The largest absolute Gasteiger partial charge is 0.453 e. The average Bonchev–Trinajstić information content (AvgIpc) is 3.14. The maximum Gasteiger partial charge on any atom is 0.349 e. The maximum atomic E-state index is 12.6. The van der Waals surface area contributed by atoms with Crippen LogP contribution in [0.2, 0.25) is 0 Å². The monoisotopic (exact) mass is 437 g/mol. The van der Waals surface area contributed by atoms with Crippen molar-refractivity contribution in [1.82, 2.24) is 9.97 Å². The Morgan fingerprint density at radius 2 is 1.97 bits per heavy atom. The van der Waals surface area contributed by atoms with Crippen molar-refractivity contribution in [2.75, 3.05) is 18.6 Å². The molecule has 1 aromatic carbocycles. The van der Waals surface area contributed by atoms with Gasteiger partial charge in [0.05, 0.1) is 5.39 Å². The predicted octanol–water partition coefficient (Wildman–Crippen LogP) is 3.64. The van der Waals surface area contributed by atoms with Crippen LogP contribution in [0.25, 0.3) is 10.2 Å². The Labute approximate surface area is 183 Å². The van der Waals surface area contributed by atoms with Gasteiger partial charge in [0, 0.05) is 29.9 Å². The van der Waals surface area contributed by atoms with Crippen LogP contribution in [0.15, 0.2) is 40.8 Å². The van der Waals surface area contributed by atoms with Crippen LogP contribution < -0.4 is 10.5 Å². The first-order valence-corrected chi connectivity index (χ1v) is 10.7. The number of esters is 1. The lowest BCUT2D eigenvalue weighted by Gasteiger charge is -2.23. The lowest BCUT2D eigenvalue weighted by atomic mass is 9.83. The smallest absolute Gasteiger partial charge is 0.349 e. The highest BCUT2D eigenvalue weighted by molar-refractivity contribution is 7.20. The summed E-state index contributed by atoms with van der Waals surface area (Å²) in [6, 6.07) is 8.02. The number of aromatic amines is 1. The summed E-state index contributed by atoms with van der Waals surface area (Å²) in [5.74, 6) is -0.460. The third kappa shape index (κ3) is 3.46. The number of anilines is 1. The van der Waals surface area contributed by atoms with Crippen LogP contribution in [-0.4, -0.2) is 35.4 Å². The number of likely N-dealkylation sites (N-methyl/N-ethyl adjacent to an activating group) is 1. The molecule has 3 aromatic rings. The van der Waals surface area contributed by atoms with Crippen molar-refractivity contribution in [1.29, 1.82) is 0 Å². The summed E-state index contributed by atoms with van der Waals surface area (Å²) < 4.78 is 5.28. The second kappa shape index (κ2) is 7.46. The van der Waals surface area contributed by atoms with Gasteiger partial charge in [-0.25, -0.2) is 9.78 Å². The van der Waals surface area contributed by atoms with E-state index in [4.69, 9.17) is 4.74 Å². The zero-order valence-electron chi connectivity index (χ0n) is 18.0. The normalized spacial score (nSPS) is 16.0. The molecule has 160 valence electrons. The number of fused-ring (bicyclic) bond motifs is 2. The molecule has 2 aromatic heterocycles. The number of ketones is 1. The zero-order valence-corrected chi connectivity index (χ0v) is 18.8. The molecule has 0 saturated heterocycles. The third-order valence-electron chi connectivity index (χ3n) is 5.69. The summed E-state index contributed by atoms with van der Waals surface area (Å²) in [6.45, 7) is 7.11. The number of thiophene rings is 1. The van der Waals surface area contributed by atoms with Gasteiger partial charge in [-0.3, -0.25) is 9.59 Å². The maximum absolute atomic E-state index is 12.6. The third-order valence-corrected chi connectivity index (χ3v) is 6.85. The van der Waals surface area contributed by atoms with Crippen LogP contribution in [0.3, 0.4) is 0 Å². The van der Waals surface area contributed by atoms with Crippen LogP contribution in [0, 0.1) is 13.8 Å². The van der Waals surface area contributed by atoms with E-state index in [0.29, 0.717) is 21.6 Å². The summed E-state index contributed by atoms with van der Waals surface area (Å²) in [7, 11) is 1.92. The molecule has 1 aliphatic rings. The van der Waals surface area contributed by atoms with Gasteiger partial charge in [-0.1, -0.05) is 32.0 Å². The number of aromatic nitrogens is 2. The van der Waals surface area contributed by atoms with Crippen molar-refractivity contribution in [2.24, 2.45) is 0 Å². The summed E-state index contributed by atoms with van der Waals surface area (Å²) in [5.41, 5.74) is 2.93. The Morgan fingerprint density at radius 1 is 1.26 bits per heavy atom. The number of rotatable bonds is 4. The molecule has 0 unspecified atom stereocenters. The number of carbonyl (C=O) groups is 2. The number of H-pyrrole nitrogens is 1. The molecule has 0 bridgehead atoms. The number of hydrogen-bond donors (Lipinski definition) is 1. The quantitative estimate of drug-likeness (QED) is 0.495. The molecule has 0 atom stereocenters. The summed E-state index contributed by atoms with van der Waals surface area (Å²) in [5, 5.41) is 0.378. The van der Waals surface area contributed by atoms with E-state index in [1.165, 1.54) is 0 Å². The number of carbonyl (C=O) groups excluding carboxylic acids is 2. The van der Waals surface area contributed by atoms with E-state index in [-0.39, 0.29) is 28.2 Å². The van der Waals surface area contributed by atoms with E-state index >= 15 is 0 Å². The van der Waals surface area contributed by atoms with Gasteiger partial charge in [0.15, 0.2) is 12.4 Å². The molecule has 4 rings (SSSR count). The molecule has 0 saturated carbocycles. The minimum absolute atomic E-state index is 0.282. The van der Waals surface area contributed by atoms with Crippen molar-refractivity contribution >= 4 is 39.0 Å². The predicted molar refractivity (Wildman–Crippen MR) is 121 cm³/mol. The molecule has 31 heavy (non-hydrogen) atoms. The van der Waals surface area contributed by atoms with Crippen LogP contribution in [0.1, 0.15) is 40.5 Å². The van der Waals surface area contributed by atoms with Gasteiger partial charge < -0.3 is 14.6 Å². The molecule has 0 fully saturated rings. The second-order valence-corrected chi connectivity index (χ2v) is 9.16. The number of nitrogens with one attached hydrogen (secondary N) is 1. The first kappa shape index (κ1) is 21.0. The molecule has 0 spiro atoms. The molecular weight excluding hydrogens is 414 g/mol. The number of benzene rings is 1. The number of hydrogen-bond acceptors (Lipinski definition) is 7. The Bertz CT molecular complexity index is 1320. The summed E-state index contributed by atoms with van der Waals surface area (Å²) in [4.78, 5) is 47.1. The van der Waals surface area contributed by atoms with E-state index in [2.05, 4.69) is 29.9 Å². The fourth-order valence-electron chi connectivity index (χ4n) is 4.10.